The zero-order valence-corrected chi connectivity index (χ0v) is 14.2. The van der Waals surface area contributed by atoms with Gasteiger partial charge in [0.25, 0.3) is 5.91 Å². The summed E-state index contributed by atoms with van der Waals surface area (Å²) in [4.78, 5) is 19.4. The minimum atomic E-state index is -0.252. The van der Waals surface area contributed by atoms with E-state index in [0.29, 0.717) is 5.56 Å². The Labute approximate surface area is 145 Å². The minimum absolute atomic E-state index is 0.00192. The molecule has 3 aromatic rings. The summed E-state index contributed by atoms with van der Waals surface area (Å²) in [5, 5.41) is 0. The van der Waals surface area contributed by atoms with Crippen LogP contribution >= 0.6 is 0 Å². The largest absolute Gasteiger partial charge is 0.332 e. The van der Waals surface area contributed by atoms with Gasteiger partial charge >= 0.3 is 0 Å². The van der Waals surface area contributed by atoms with Crippen LogP contribution in [0.4, 0.5) is 4.39 Å². The van der Waals surface area contributed by atoms with Crippen LogP contribution in [0, 0.1) is 12.7 Å². The Morgan fingerprint density at radius 1 is 1.12 bits per heavy atom. The maximum atomic E-state index is 13.2. The number of carbonyl (C=O) groups is 1. The molecule has 0 saturated carbocycles. The van der Waals surface area contributed by atoms with E-state index in [2.05, 4.69) is 4.98 Å². The SMILES string of the molecule is Cc1cn2cc(C(=O)N3CCCC[C@@H]3c3ccc(F)cc3)ccc2n1. The number of aryl methyl sites for hydroxylation is 1. The predicted octanol–water partition coefficient (Wildman–Crippen LogP) is 4.15. The van der Waals surface area contributed by atoms with Gasteiger partial charge in [-0.05, 0) is 56.0 Å². The lowest BCUT2D eigenvalue weighted by molar-refractivity contribution is 0.0611. The van der Waals surface area contributed by atoms with Gasteiger partial charge in [0.1, 0.15) is 11.5 Å². The molecule has 0 aliphatic carbocycles. The highest BCUT2D eigenvalue weighted by Gasteiger charge is 2.28. The lowest BCUT2D eigenvalue weighted by Gasteiger charge is -2.36. The van der Waals surface area contributed by atoms with E-state index in [1.807, 2.05) is 40.8 Å². The fourth-order valence-corrected chi connectivity index (χ4v) is 3.62. The highest BCUT2D eigenvalue weighted by atomic mass is 19.1. The number of likely N-dealkylation sites (tertiary alicyclic amines) is 1. The van der Waals surface area contributed by atoms with Gasteiger partial charge in [-0.15, -0.1) is 0 Å². The topological polar surface area (TPSA) is 37.6 Å². The summed E-state index contributed by atoms with van der Waals surface area (Å²) in [5.74, 6) is -0.236. The van der Waals surface area contributed by atoms with Gasteiger partial charge in [-0.3, -0.25) is 4.79 Å². The number of pyridine rings is 1. The highest BCUT2D eigenvalue weighted by Crippen LogP contribution is 2.32. The number of amides is 1. The number of aromatic nitrogens is 2. The van der Waals surface area contributed by atoms with Crippen molar-refractivity contribution < 1.29 is 9.18 Å². The van der Waals surface area contributed by atoms with Crippen molar-refractivity contribution in [2.45, 2.75) is 32.2 Å². The maximum absolute atomic E-state index is 13.2. The summed E-state index contributed by atoms with van der Waals surface area (Å²) in [5.41, 5.74) is 3.41. The molecule has 1 amide bonds. The highest BCUT2D eigenvalue weighted by molar-refractivity contribution is 5.94. The van der Waals surface area contributed by atoms with Gasteiger partial charge in [-0.2, -0.15) is 0 Å². The van der Waals surface area contributed by atoms with Gasteiger partial charge in [0.05, 0.1) is 17.3 Å². The molecule has 4 rings (SSSR count). The van der Waals surface area contributed by atoms with Crippen LogP contribution in [0.1, 0.15) is 46.9 Å². The Morgan fingerprint density at radius 3 is 2.72 bits per heavy atom. The van der Waals surface area contributed by atoms with Crippen LogP contribution in [0.3, 0.4) is 0 Å². The fraction of sp³-hybridized carbons (Fsp3) is 0.300. The summed E-state index contributed by atoms with van der Waals surface area (Å²) in [6.07, 6.45) is 6.74. The Balaban J connectivity index is 1.66. The molecule has 0 spiro atoms. The molecule has 1 atom stereocenters. The smallest absolute Gasteiger partial charge is 0.255 e. The molecule has 5 heteroatoms. The number of hydrogen-bond donors (Lipinski definition) is 0. The number of rotatable bonds is 2. The molecule has 1 fully saturated rings. The van der Waals surface area contributed by atoms with E-state index in [0.717, 1.165) is 42.7 Å². The number of nitrogens with zero attached hydrogens (tertiary/aromatic N) is 3. The number of piperidine rings is 1. The number of carbonyl (C=O) groups excluding carboxylic acids is 1. The molecule has 1 saturated heterocycles. The molecule has 1 aliphatic heterocycles. The predicted molar refractivity (Wildman–Crippen MR) is 94.0 cm³/mol. The number of halogens is 1. The van der Waals surface area contributed by atoms with E-state index < -0.39 is 0 Å². The summed E-state index contributed by atoms with van der Waals surface area (Å²) in [6, 6.07) is 10.2. The molecule has 1 aliphatic rings. The van der Waals surface area contributed by atoms with Crippen molar-refractivity contribution in [3.63, 3.8) is 0 Å². The first kappa shape index (κ1) is 15.8. The van der Waals surface area contributed by atoms with Crippen LogP contribution < -0.4 is 0 Å². The van der Waals surface area contributed by atoms with Crippen molar-refractivity contribution >= 4 is 11.6 Å². The molecule has 4 nitrogen and oxygen atoms in total. The van der Waals surface area contributed by atoms with Crippen molar-refractivity contribution in [2.24, 2.45) is 0 Å². The number of fused-ring (bicyclic) bond motifs is 1. The van der Waals surface area contributed by atoms with E-state index in [1.165, 1.54) is 12.1 Å². The molecule has 3 heterocycles. The van der Waals surface area contributed by atoms with Crippen molar-refractivity contribution in [2.75, 3.05) is 6.54 Å². The first-order chi connectivity index (χ1) is 12.1. The van der Waals surface area contributed by atoms with Crippen LogP contribution in [-0.2, 0) is 0 Å². The second-order valence-electron chi connectivity index (χ2n) is 6.63. The molecule has 25 heavy (non-hydrogen) atoms. The van der Waals surface area contributed by atoms with Crippen LogP contribution in [0.25, 0.3) is 5.65 Å². The number of hydrogen-bond acceptors (Lipinski definition) is 2. The average Bonchev–Trinajstić information content (AvgIpc) is 3.01. The summed E-state index contributed by atoms with van der Waals surface area (Å²) in [7, 11) is 0. The number of imidazole rings is 1. The molecule has 2 aromatic heterocycles. The van der Waals surface area contributed by atoms with Crippen molar-refractivity contribution in [3.05, 3.63) is 71.4 Å². The van der Waals surface area contributed by atoms with Crippen molar-refractivity contribution in [1.82, 2.24) is 14.3 Å². The molecule has 0 radical (unpaired) electrons. The lowest BCUT2D eigenvalue weighted by Crippen LogP contribution is -2.38. The molecular weight excluding hydrogens is 317 g/mol. The third-order valence-corrected chi connectivity index (χ3v) is 4.84. The van der Waals surface area contributed by atoms with Crippen LogP contribution in [-0.4, -0.2) is 26.7 Å². The van der Waals surface area contributed by atoms with Crippen molar-refractivity contribution in [3.8, 4) is 0 Å². The van der Waals surface area contributed by atoms with Crippen molar-refractivity contribution in [1.29, 1.82) is 0 Å². The summed E-state index contributed by atoms with van der Waals surface area (Å²) in [6.45, 7) is 2.66. The number of benzene rings is 1. The van der Waals surface area contributed by atoms with E-state index in [1.54, 1.807) is 12.1 Å². The fourth-order valence-electron chi connectivity index (χ4n) is 3.62. The van der Waals surface area contributed by atoms with E-state index in [9.17, 15) is 9.18 Å². The second-order valence-corrected chi connectivity index (χ2v) is 6.63. The maximum Gasteiger partial charge on any atom is 0.255 e. The zero-order valence-electron chi connectivity index (χ0n) is 14.2. The van der Waals surface area contributed by atoms with Crippen LogP contribution in [0.15, 0.2) is 48.8 Å². The standard InChI is InChI=1S/C20H20FN3O/c1-14-12-23-13-16(7-10-19(23)22-14)20(25)24-11-3-2-4-18(24)15-5-8-17(21)9-6-15/h5-10,12-13,18H,2-4,11H2,1H3/t18-/m1/s1. The molecule has 128 valence electrons. The molecule has 0 unspecified atom stereocenters. The van der Waals surface area contributed by atoms with Gasteiger partial charge in [0.15, 0.2) is 0 Å². The Kier molecular flexibility index (Phi) is 3.99. The monoisotopic (exact) mass is 337 g/mol. The van der Waals surface area contributed by atoms with E-state index in [4.69, 9.17) is 0 Å². The Bertz CT molecular complexity index is 916. The van der Waals surface area contributed by atoms with Gasteiger partial charge in [-0.1, -0.05) is 12.1 Å². The Hall–Kier alpha value is -2.69. The normalized spacial score (nSPS) is 17.8. The molecule has 0 bridgehead atoms. The summed E-state index contributed by atoms with van der Waals surface area (Å²) < 4.78 is 15.1. The third-order valence-electron chi connectivity index (χ3n) is 4.84. The van der Waals surface area contributed by atoms with E-state index >= 15 is 0 Å². The van der Waals surface area contributed by atoms with Crippen LogP contribution in [0.5, 0.6) is 0 Å². The summed E-state index contributed by atoms with van der Waals surface area (Å²) >= 11 is 0. The van der Waals surface area contributed by atoms with E-state index in [-0.39, 0.29) is 17.8 Å². The first-order valence-electron chi connectivity index (χ1n) is 8.63. The zero-order chi connectivity index (χ0) is 17.4. The minimum Gasteiger partial charge on any atom is -0.332 e. The lowest BCUT2D eigenvalue weighted by atomic mass is 9.94. The average molecular weight is 337 g/mol. The molecule has 0 N–H and O–H groups in total. The second kappa shape index (κ2) is 6.31. The Morgan fingerprint density at radius 2 is 1.92 bits per heavy atom. The third kappa shape index (κ3) is 3.02. The molecule has 1 aromatic carbocycles. The van der Waals surface area contributed by atoms with Gasteiger partial charge in [-0.25, -0.2) is 9.37 Å². The van der Waals surface area contributed by atoms with Gasteiger partial charge < -0.3 is 9.30 Å². The quantitative estimate of drug-likeness (QED) is 0.704. The molecular formula is C20H20FN3O. The first-order valence-corrected chi connectivity index (χ1v) is 8.63. The van der Waals surface area contributed by atoms with Gasteiger partial charge in [0.2, 0.25) is 0 Å². The van der Waals surface area contributed by atoms with Gasteiger partial charge in [0, 0.05) is 18.9 Å². The van der Waals surface area contributed by atoms with Crippen LogP contribution in [0.2, 0.25) is 0 Å².